The number of aromatic nitrogens is 4. The summed E-state index contributed by atoms with van der Waals surface area (Å²) < 4.78 is 4.74. The van der Waals surface area contributed by atoms with E-state index < -0.39 is 0 Å². The zero-order chi connectivity index (χ0) is 48.2. The number of nitrogens with zero attached hydrogens (tertiary/aromatic N) is 4. The number of unbranched alkanes of at least 4 members (excludes halogenated alkanes) is 1. The Morgan fingerprint density at radius 2 is 0.836 bits per heavy atom. The van der Waals surface area contributed by atoms with Gasteiger partial charge in [0.1, 0.15) is 0 Å². The molecule has 0 N–H and O–H groups in total. The minimum absolute atomic E-state index is 0. The zero-order valence-corrected chi connectivity index (χ0v) is 42.9. The van der Waals surface area contributed by atoms with Crippen LogP contribution in [0.15, 0.2) is 255 Å². The number of fused-ring (bicyclic) bond motifs is 6. The third-order valence-corrected chi connectivity index (χ3v) is 13.7. The largest absolute Gasteiger partial charge is 0.309 e. The molecule has 9 aromatic carbocycles. The average molecular weight is 1120 g/mol. The van der Waals surface area contributed by atoms with E-state index in [0.29, 0.717) is 0 Å². The van der Waals surface area contributed by atoms with Gasteiger partial charge < -0.3 is 14.1 Å². The molecule has 0 atom stereocenters. The first-order valence-corrected chi connectivity index (χ1v) is 24.9. The van der Waals surface area contributed by atoms with E-state index in [2.05, 4.69) is 258 Å². The molecule has 73 heavy (non-hydrogen) atoms. The van der Waals surface area contributed by atoms with Crippen LogP contribution in [-0.4, -0.2) is 19.1 Å². The molecule has 0 spiro atoms. The molecule has 0 aliphatic heterocycles. The summed E-state index contributed by atoms with van der Waals surface area (Å²) in [6.07, 6.45) is 5.45. The maximum atomic E-state index is 5.44. The SMILES string of the molecule is CCCCc1c[c-]c(-c2ccccn2)cc1.[Ir].c1ccc(-c2ccc(-c3cc(-c4cccc(-n5c6ccccc6c6ccccc65)c4)nc(-c4cccc(-n5c6ccccc6c6ccccc65)c4)c3)cc2)cc1. The molecule has 0 fully saturated rings. The molecule has 1 radical (unpaired) electrons. The molecule has 4 aromatic heterocycles. The standard InChI is InChI=1S/C53H35N3.C15H16N.Ir/c1-2-14-36(15-3-1)37-28-30-38(31-29-37)41-34-48(39-16-12-18-42(32-39)55-50-24-8-4-20-44(50)45-21-5-9-25-51(45)55)54-49(35-41)40-17-13-19-43(33-40)56-52-26-10-6-22-46(52)47-23-7-11-27-53(47)56;1-2-3-6-13-8-10-14(11-9-13)15-7-4-5-12-16-15;/h1-35H;4-5,7-10,12H,2-3,6H2,1H3;/q;-1;. The van der Waals surface area contributed by atoms with Crippen molar-refractivity contribution >= 4 is 43.6 Å². The molecule has 0 amide bonds. The van der Waals surface area contributed by atoms with Gasteiger partial charge in [-0.25, -0.2) is 4.98 Å². The third kappa shape index (κ3) is 9.45. The molecule has 0 saturated heterocycles. The van der Waals surface area contributed by atoms with Crippen molar-refractivity contribution in [2.45, 2.75) is 26.2 Å². The first-order chi connectivity index (χ1) is 35.7. The van der Waals surface area contributed by atoms with Crippen molar-refractivity contribution in [2.75, 3.05) is 0 Å². The predicted octanol–water partition coefficient (Wildman–Crippen LogP) is 17.8. The van der Waals surface area contributed by atoms with Crippen LogP contribution in [0, 0.1) is 6.07 Å². The van der Waals surface area contributed by atoms with Crippen molar-refractivity contribution < 1.29 is 20.1 Å². The molecule has 13 rings (SSSR count). The third-order valence-electron chi connectivity index (χ3n) is 13.7. The summed E-state index contributed by atoms with van der Waals surface area (Å²) in [5.41, 5.74) is 19.0. The Hall–Kier alpha value is -8.47. The van der Waals surface area contributed by atoms with Gasteiger partial charge in [0.2, 0.25) is 0 Å². The minimum Gasteiger partial charge on any atom is -0.309 e. The van der Waals surface area contributed by atoms with Gasteiger partial charge in [0.15, 0.2) is 0 Å². The van der Waals surface area contributed by atoms with E-state index in [-0.39, 0.29) is 20.1 Å². The van der Waals surface area contributed by atoms with Crippen molar-refractivity contribution in [3.05, 3.63) is 267 Å². The van der Waals surface area contributed by atoms with Crippen LogP contribution < -0.4 is 0 Å². The molecule has 5 heteroatoms. The maximum Gasteiger partial charge on any atom is 0.0716 e. The Balaban J connectivity index is 0.000000289. The zero-order valence-electron chi connectivity index (χ0n) is 40.5. The van der Waals surface area contributed by atoms with Crippen molar-refractivity contribution in [3.63, 3.8) is 0 Å². The van der Waals surface area contributed by atoms with E-state index in [9.17, 15) is 0 Å². The van der Waals surface area contributed by atoms with Gasteiger partial charge in [-0.15, -0.1) is 35.4 Å². The normalized spacial score (nSPS) is 11.1. The van der Waals surface area contributed by atoms with Crippen LogP contribution in [0.1, 0.15) is 25.3 Å². The molecule has 0 saturated carbocycles. The number of benzene rings is 9. The summed E-state index contributed by atoms with van der Waals surface area (Å²) >= 11 is 0. The van der Waals surface area contributed by atoms with Crippen molar-refractivity contribution in [1.82, 2.24) is 19.1 Å². The predicted molar refractivity (Wildman–Crippen MR) is 302 cm³/mol. The Morgan fingerprint density at radius 3 is 1.30 bits per heavy atom. The van der Waals surface area contributed by atoms with Crippen LogP contribution in [0.25, 0.3) is 111 Å². The van der Waals surface area contributed by atoms with E-state index in [1.807, 2.05) is 24.4 Å². The minimum atomic E-state index is 0. The second-order valence-electron chi connectivity index (χ2n) is 18.3. The number of rotatable bonds is 10. The Morgan fingerprint density at radius 1 is 0.384 bits per heavy atom. The van der Waals surface area contributed by atoms with E-state index in [1.165, 1.54) is 73.1 Å². The Kier molecular flexibility index (Phi) is 13.5. The molecule has 13 aromatic rings. The summed E-state index contributed by atoms with van der Waals surface area (Å²) in [5.74, 6) is 0. The van der Waals surface area contributed by atoms with Crippen molar-refractivity contribution in [3.8, 4) is 67.4 Å². The smallest absolute Gasteiger partial charge is 0.0716 e. The fraction of sp³-hybridized carbons (Fsp3) is 0.0588. The Bertz CT molecular complexity index is 3720. The molecule has 4 heterocycles. The molecule has 0 aliphatic rings. The number of hydrogen-bond donors (Lipinski definition) is 0. The number of aryl methyl sites for hydroxylation is 1. The van der Waals surface area contributed by atoms with Gasteiger partial charge >= 0.3 is 0 Å². The van der Waals surface area contributed by atoms with Crippen molar-refractivity contribution in [1.29, 1.82) is 0 Å². The Labute approximate surface area is 440 Å². The first-order valence-electron chi connectivity index (χ1n) is 24.9. The van der Waals surface area contributed by atoms with Crippen LogP contribution in [0.2, 0.25) is 0 Å². The van der Waals surface area contributed by atoms with Gasteiger partial charge in [0.05, 0.1) is 33.5 Å². The van der Waals surface area contributed by atoms with Gasteiger partial charge in [0.25, 0.3) is 0 Å². The van der Waals surface area contributed by atoms with Crippen LogP contribution in [0.3, 0.4) is 0 Å². The first kappa shape index (κ1) is 46.9. The second-order valence-corrected chi connectivity index (χ2v) is 18.3. The summed E-state index contributed by atoms with van der Waals surface area (Å²) in [7, 11) is 0. The van der Waals surface area contributed by atoms with Crippen LogP contribution in [-0.2, 0) is 26.5 Å². The molecule has 353 valence electrons. The quantitative estimate of drug-likeness (QED) is 0.128. The van der Waals surface area contributed by atoms with E-state index in [4.69, 9.17) is 4.98 Å². The maximum absolute atomic E-state index is 5.44. The summed E-state index contributed by atoms with van der Waals surface area (Å²) in [5, 5.41) is 4.99. The fourth-order valence-corrected chi connectivity index (χ4v) is 10.2. The monoisotopic (exact) mass is 1120 g/mol. The molecular weight excluding hydrogens is 1060 g/mol. The topological polar surface area (TPSA) is 35.6 Å². The molecule has 0 unspecified atom stereocenters. The number of para-hydroxylation sites is 4. The molecule has 4 nitrogen and oxygen atoms in total. The molecule has 0 bridgehead atoms. The van der Waals surface area contributed by atoms with Gasteiger partial charge in [-0.05, 0) is 94.7 Å². The fourth-order valence-electron chi connectivity index (χ4n) is 10.2. The average Bonchev–Trinajstić information content (AvgIpc) is 3.98. The molecular formula is C68H51IrN4-. The summed E-state index contributed by atoms with van der Waals surface area (Å²) in [4.78, 5) is 9.75. The van der Waals surface area contributed by atoms with Gasteiger partial charge in [-0.2, -0.15) is 0 Å². The van der Waals surface area contributed by atoms with Crippen LogP contribution in [0.4, 0.5) is 0 Å². The van der Waals surface area contributed by atoms with Crippen LogP contribution >= 0.6 is 0 Å². The summed E-state index contributed by atoms with van der Waals surface area (Å²) in [6, 6.07) is 91.8. The van der Waals surface area contributed by atoms with Gasteiger partial charge in [0, 0.05) is 70.3 Å². The van der Waals surface area contributed by atoms with Gasteiger partial charge in [-0.1, -0.05) is 190 Å². The van der Waals surface area contributed by atoms with E-state index >= 15 is 0 Å². The second kappa shape index (κ2) is 21.1. The number of hydrogen-bond acceptors (Lipinski definition) is 2. The van der Waals surface area contributed by atoms with E-state index in [0.717, 1.165) is 62.7 Å². The summed E-state index contributed by atoms with van der Waals surface area (Å²) in [6.45, 7) is 2.21. The van der Waals surface area contributed by atoms with Crippen molar-refractivity contribution in [2.24, 2.45) is 0 Å². The van der Waals surface area contributed by atoms with Crippen LogP contribution in [0.5, 0.6) is 0 Å². The van der Waals surface area contributed by atoms with Gasteiger partial charge in [-0.3, -0.25) is 0 Å². The molecule has 0 aliphatic carbocycles. The number of pyridine rings is 2. The van der Waals surface area contributed by atoms with E-state index in [1.54, 1.807) is 0 Å².